The van der Waals surface area contributed by atoms with Gasteiger partial charge in [0.05, 0.1) is 21.8 Å². The number of hydrogen-bond donors (Lipinski definition) is 1. The molecule has 0 spiro atoms. The Morgan fingerprint density at radius 3 is 3.00 bits per heavy atom. The zero-order valence-electron chi connectivity index (χ0n) is 15.0. The van der Waals surface area contributed by atoms with Gasteiger partial charge >= 0.3 is 0 Å². The van der Waals surface area contributed by atoms with Crippen molar-refractivity contribution in [3.05, 3.63) is 64.1 Å². The van der Waals surface area contributed by atoms with Crippen molar-refractivity contribution >= 4 is 39.1 Å². The van der Waals surface area contributed by atoms with Crippen LogP contribution < -0.4 is 5.32 Å². The number of likely N-dealkylation sites (tertiary alicyclic amines) is 1. The van der Waals surface area contributed by atoms with Crippen molar-refractivity contribution < 1.29 is 4.79 Å². The maximum absolute atomic E-state index is 12.4. The summed E-state index contributed by atoms with van der Waals surface area (Å²) in [4.78, 5) is 19.4. The summed E-state index contributed by atoms with van der Waals surface area (Å²) in [5.41, 5.74) is 2.09. The SMILES string of the molecule is O=C(CN1CCC[C@H](c2nc3ccccc3s2)C1)NCc1cccc(Cl)c1. The van der Waals surface area contributed by atoms with Crippen molar-refractivity contribution in [1.29, 1.82) is 0 Å². The van der Waals surface area contributed by atoms with Crippen LogP contribution >= 0.6 is 22.9 Å². The number of piperidine rings is 1. The summed E-state index contributed by atoms with van der Waals surface area (Å²) in [6.07, 6.45) is 2.24. The van der Waals surface area contributed by atoms with Crippen molar-refractivity contribution in [2.75, 3.05) is 19.6 Å². The lowest BCUT2D eigenvalue weighted by Gasteiger charge is -2.31. The first-order chi connectivity index (χ1) is 13.2. The molecule has 1 atom stereocenters. The molecule has 0 radical (unpaired) electrons. The van der Waals surface area contributed by atoms with Gasteiger partial charge in [-0.2, -0.15) is 0 Å². The van der Waals surface area contributed by atoms with Crippen LogP contribution in [-0.4, -0.2) is 35.4 Å². The molecule has 4 nitrogen and oxygen atoms in total. The number of halogens is 1. The fraction of sp³-hybridized carbons (Fsp3) is 0.333. The highest BCUT2D eigenvalue weighted by molar-refractivity contribution is 7.18. The van der Waals surface area contributed by atoms with E-state index in [0.29, 0.717) is 24.0 Å². The van der Waals surface area contributed by atoms with E-state index in [1.165, 1.54) is 9.71 Å². The summed E-state index contributed by atoms with van der Waals surface area (Å²) in [7, 11) is 0. The molecule has 1 aromatic heterocycles. The standard InChI is InChI=1S/C21H22ClN3OS/c22-17-7-3-5-15(11-17)12-23-20(26)14-25-10-4-6-16(13-25)21-24-18-8-1-2-9-19(18)27-21/h1-3,5,7-9,11,16H,4,6,10,12-14H2,(H,23,26)/t16-/m0/s1. The van der Waals surface area contributed by atoms with Gasteiger partial charge in [-0.3, -0.25) is 9.69 Å². The number of nitrogens with zero attached hydrogens (tertiary/aromatic N) is 2. The van der Waals surface area contributed by atoms with Gasteiger partial charge in [-0.05, 0) is 49.2 Å². The van der Waals surface area contributed by atoms with E-state index >= 15 is 0 Å². The number of thiazole rings is 1. The van der Waals surface area contributed by atoms with E-state index in [9.17, 15) is 4.79 Å². The van der Waals surface area contributed by atoms with Gasteiger partial charge in [-0.25, -0.2) is 4.98 Å². The van der Waals surface area contributed by atoms with E-state index in [4.69, 9.17) is 16.6 Å². The molecule has 0 saturated carbocycles. The Morgan fingerprint density at radius 2 is 2.15 bits per heavy atom. The first-order valence-corrected chi connectivity index (χ1v) is 10.5. The number of benzene rings is 2. The van der Waals surface area contributed by atoms with E-state index in [1.807, 2.05) is 30.3 Å². The number of carbonyl (C=O) groups is 1. The molecule has 0 unspecified atom stereocenters. The molecule has 0 bridgehead atoms. The van der Waals surface area contributed by atoms with Gasteiger partial charge < -0.3 is 5.32 Å². The molecule has 1 aliphatic rings. The van der Waals surface area contributed by atoms with Gasteiger partial charge in [0, 0.05) is 24.0 Å². The molecule has 1 amide bonds. The summed E-state index contributed by atoms with van der Waals surface area (Å²) in [6, 6.07) is 15.9. The van der Waals surface area contributed by atoms with Gasteiger partial charge in [0.15, 0.2) is 0 Å². The van der Waals surface area contributed by atoms with Crippen LogP contribution in [0.15, 0.2) is 48.5 Å². The minimum Gasteiger partial charge on any atom is -0.351 e. The van der Waals surface area contributed by atoms with Gasteiger partial charge in [0.1, 0.15) is 0 Å². The Morgan fingerprint density at radius 1 is 1.26 bits per heavy atom. The van der Waals surface area contributed by atoms with E-state index in [-0.39, 0.29) is 5.91 Å². The Kier molecular flexibility index (Phi) is 5.72. The van der Waals surface area contributed by atoms with Gasteiger partial charge in [-0.1, -0.05) is 35.9 Å². The Balaban J connectivity index is 1.33. The predicted molar refractivity (Wildman–Crippen MR) is 111 cm³/mol. The van der Waals surface area contributed by atoms with Crippen molar-refractivity contribution in [2.45, 2.75) is 25.3 Å². The van der Waals surface area contributed by atoms with Crippen molar-refractivity contribution in [2.24, 2.45) is 0 Å². The number of fused-ring (bicyclic) bond motifs is 1. The fourth-order valence-electron chi connectivity index (χ4n) is 3.57. The van der Waals surface area contributed by atoms with Crippen molar-refractivity contribution in [3.63, 3.8) is 0 Å². The molecule has 1 aliphatic heterocycles. The molecule has 1 N–H and O–H groups in total. The Labute approximate surface area is 168 Å². The second-order valence-electron chi connectivity index (χ2n) is 7.00. The maximum atomic E-state index is 12.4. The van der Waals surface area contributed by atoms with Crippen LogP contribution in [0.25, 0.3) is 10.2 Å². The minimum absolute atomic E-state index is 0.0555. The van der Waals surface area contributed by atoms with Crippen LogP contribution in [0.3, 0.4) is 0 Å². The molecule has 27 heavy (non-hydrogen) atoms. The summed E-state index contributed by atoms with van der Waals surface area (Å²) >= 11 is 7.78. The summed E-state index contributed by atoms with van der Waals surface area (Å²) in [6.45, 7) is 2.80. The van der Waals surface area contributed by atoms with Crippen LogP contribution in [0.2, 0.25) is 5.02 Å². The van der Waals surface area contributed by atoms with Gasteiger partial charge in [-0.15, -0.1) is 11.3 Å². The number of amides is 1. The van der Waals surface area contributed by atoms with E-state index in [2.05, 4.69) is 28.4 Å². The lowest BCUT2D eigenvalue weighted by atomic mass is 9.99. The normalized spacial score (nSPS) is 17.9. The molecule has 4 rings (SSSR count). The minimum atomic E-state index is 0.0555. The molecule has 2 aromatic carbocycles. The quantitative estimate of drug-likeness (QED) is 0.689. The smallest absolute Gasteiger partial charge is 0.234 e. The van der Waals surface area contributed by atoms with Gasteiger partial charge in [0.25, 0.3) is 0 Å². The Hall–Kier alpha value is -1.95. The number of carbonyl (C=O) groups excluding carboxylic acids is 1. The fourth-order valence-corrected chi connectivity index (χ4v) is 4.88. The average molecular weight is 400 g/mol. The first kappa shape index (κ1) is 18.4. The summed E-state index contributed by atoms with van der Waals surface area (Å²) in [5.74, 6) is 0.469. The molecule has 6 heteroatoms. The number of rotatable bonds is 5. The van der Waals surface area contributed by atoms with Crippen LogP contribution in [0, 0.1) is 0 Å². The highest BCUT2D eigenvalue weighted by Crippen LogP contribution is 2.32. The maximum Gasteiger partial charge on any atom is 0.234 e. The molecule has 1 fully saturated rings. The van der Waals surface area contributed by atoms with Crippen molar-refractivity contribution in [1.82, 2.24) is 15.2 Å². The third kappa shape index (κ3) is 4.67. The number of para-hydroxylation sites is 1. The molecule has 2 heterocycles. The topological polar surface area (TPSA) is 45.2 Å². The first-order valence-electron chi connectivity index (χ1n) is 9.26. The van der Waals surface area contributed by atoms with Crippen LogP contribution in [0.1, 0.15) is 29.3 Å². The van der Waals surface area contributed by atoms with Crippen molar-refractivity contribution in [3.8, 4) is 0 Å². The van der Waals surface area contributed by atoms with E-state index in [0.717, 1.165) is 37.0 Å². The van der Waals surface area contributed by atoms with Crippen LogP contribution in [0.5, 0.6) is 0 Å². The zero-order valence-corrected chi connectivity index (χ0v) is 16.6. The summed E-state index contributed by atoms with van der Waals surface area (Å²) < 4.78 is 1.24. The second kappa shape index (κ2) is 8.38. The van der Waals surface area contributed by atoms with Crippen LogP contribution in [0.4, 0.5) is 0 Å². The number of aromatic nitrogens is 1. The number of hydrogen-bond acceptors (Lipinski definition) is 4. The molecule has 140 valence electrons. The van der Waals surface area contributed by atoms with E-state index < -0.39 is 0 Å². The highest BCUT2D eigenvalue weighted by Gasteiger charge is 2.25. The molecular weight excluding hydrogens is 378 g/mol. The lowest BCUT2D eigenvalue weighted by Crippen LogP contribution is -2.41. The zero-order chi connectivity index (χ0) is 18.6. The monoisotopic (exact) mass is 399 g/mol. The van der Waals surface area contributed by atoms with E-state index in [1.54, 1.807) is 11.3 Å². The third-order valence-electron chi connectivity index (χ3n) is 4.91. The molecule has 0 aliphatic carbocycles. The van der Waals surface area contributed by atoms with Crippen LogP contribution in [-0.2, 0) is 11.3 Å². The molecule has 1 saturated heterocycles. The molecule has 3 aromatic rings. The largest absolute Gasteiger partial charge is 0.351 e. The summed E-state index contributed by atoms with van der Waals surface area (Å²) in [5, 5.41) is 4.88. The third-order valence-corrected chi connectivity index (χ3v) is 6.35. The average Bonchev–Trinajstić information content (AvgIpc) is 3.11. The second-order valence-corrected chi connectivity index (χ2v) is 8.50. The predicted octanol–water partition coefficient (Wildman–Crippen LogP) is 4.45. The van der Waals surface area contributed by atoms with Gasteiger partial charge in [0.2, 0.25) is 5.91 Å². The lowest BCUT2D eigenvalue weighted by molar-refractivity contribution is -0.122. The highest BCUT2D eigenvalue weighted by atomic mass is 35.5. The Bertz CT molecular complexity index is 909. The molecular formula is C21H22ClN3OS. The number of nitrogens with one attached hydrogen (secondary N) is 1.